The Morgan fingerprint density at radius 3 is 1.23 bits per heavy atom. The third-order valence-corrected chi connectivity index (χ3v) is 11.4. The van der Waals surface area contributed by atoms with E-state index in [1.165, 1.54) is 0 Å². The quantitative estimate of drug-likeness (QED) is 0.166. The fourth-order valence-corrected chi connectivity index (χ4v) is 8.43. The van der Waals surface area contributed by atoms with Gasteiger partial charge in [-0.15, -0.1) is 21.9 Å². The number of hydrogen-bond acceptors (Lipinski definition) is 4. The summed E-state index contributed by atoms with van der Waals surface area (Å²) in [5, 5.41) is 3.56. The second-order valence-electron chi connectivity index (χ2n) is 14.7. The van der Waals surface area contributed by atoms with E-state index in [2.05, 4.69) is 0 Å². The molecule has 2 aromatic heterocycles. The molecule has 60 heavy (non-hydrogen) atoms. The maximum absolute atomic E-state index is 7.26. The van der Waals surface area contributed by atoms with Gasteiger partial charge in [0.1, 0.15) is 97.5 Å². The van der Waals surface area contributed by atoms with Gasteiger partial charge in [-0.25, -0.2) is 15.0 Å². The molecule has 0 aliphatic rings. The van der Waals surface area contributed by atoms with Crippen LogP contribution in [0.3, 0.4) is 0 Å². The summed E-state index contributed by atoms with van der Waals surface area (Å²) in [6, 6.07) is 30.9. The fourth-order valence-electron chi connectivity index (χ4n) is 8.43. The van der Waals surface area contributed by atoms with Gasteiger partial charge in [0.15, 0.2) is 17.5 Å². The van der Waals surface area contributed by atoms with Crippen LogP contribution in [0.5, 0.6) is 0 Å². The first-order valence-electron chi connectivity index (χ1n) is 18.7. The topological polar surface area (TPSA) is 51.8 Å². The van der Waals surface area contributed by atoms with Gasteiger partial charge in [-0.3, -0.25) is 0 Å². The van der Waals surface area contributed by atoms with Crippen molar-refractivity contribution in [2.45, 2.75) is 0 Å². The van der Waals surface area contributed by atoms with Crippen LogP contribution < -0.4 is 60.1 Å². The lowest BCUT2D eigenvalue weighted by Gasteiger charge is -2.29. The molecule has 0 amide bonds. The summed E-state index contributed by atoms with van der Waals surface area (Å²) >= 11 is 0. The molecule has 0 N–H and O–H groups in total. The molecule has 22 radical (unpaired) electrons. The van der Waals surface area contributed by atoms with E-state index in [-0.39, 0.29) is 60.1 Å². The van der Waals surface area contributed by atoms with Crippen LogP contribution in [0, 0.1) is 0 Å². The minimum absolute atomic E-state index is 0.0503. The minimum atomic E-state index is 0.0503. The normalized spacial score (nSPS) is 11.7. The van der Waals surface area contributed by atoms with Crippen LogP contribution in [0.25, 0.3) is 99.5 Å². The van der Waals surface area contributed by atoms with Gasteiger partial charge in [0, 0.05) is 27.5 Å². The summed E-state index contributed by atoms with van der Waals surface area (Å²) in [6.45, 7) is 0. The Morgan fingerprint density at radius 1 is 0.317 bits per heavy atom. The van der Waals surface area contributed by atoms with E-state index in [1.807, 2.05) is 97.1 Å². The van der Waals surface area contributed by atoms with E-state index >= 15 is 0 Å². The lowest BCUT2D eigenvalue weighted by molar-refractivity contribution is 0.669. The SMILES string of the molecule is [B]c1c([B])c([B])c2c(c1[B])c1c([B])c([B])c([B])c([B])c1c1c([B])c(-c3ccc4oc5cccc(-c6nc(-c7ccccc7)nc(-c7ccccc7)n6)c5c4c3)c([B])c([B])c21. The molecule has 0 aliphatic heterocycles. The molecular formula is C45H16B11N3O. The van der Waals surface area contributed by atoms with E-state index in [0.717, 1.165) is 27.5 Å². The Labute approximate surface area is 360 Å². The molecule has 250 valence electrons. The average Bonchev–Trinajstić information content (AvgIpc) is 3.66. The highest BCUT2D eigenvalue weighted by Crippen LogP contribution is 2.39. The number of fused-ring (bicyclic) bond motifs is 9. The van der Waals surface area contributed by atoms with Gasteiger partial charge >= 0.3 is 0 Å². The molecule has 0 atom stereocenters. The highest BCUT2D eigenvalue weighted by atomic mass is 16.3. The minimum Gasteiger partial charge on any atom is -0.456 e. The lowest BCUT2D eigenvalue weighted by Crippen LogP contribution is -2.51. The Balaban J connectivity index is 1.29. The predicted octanol–water partition coefficient (Wildman–Crippen LogP) is -1.37. The molecule has 0 bridgehead atoms. The number of nitrogens with zero attached hydrogens (tertiary/aromatic N) is 3. The summed E-state index contributed by atoms with van der Waals surface area (Å²) in [5.41, 5.74) is 5.72. The number of furan rings is 1. The maximum Gasteiger partial charge on any atom is 0.164 e. The summed E-state index contributed by atoms with van der Waals surface area (Å²) in [4.78, 5) is 14.9. The van der Waals surface area contributed by atoms with Crippen molar-refractivity contribution in [1.29, 1.82) is 0 Å². The number of rotatable bonds is 4. The zero-order valence-electron chi connectivity index (χ0n) is 31.8. The third-order valence-electron chi connectivity index (χ3n) is 11.4. The molecule has 4 nitrogen and oxygen atoms in total. The van der Waals surface area contributed by atoms with Crippen molar-refractivity contribution in [3.63, 3.8) is 0 Å². The molecule has 8 aromatic carbocycles. The van der Waals surface area contributed by atoms with Gasteiger partial charge < -0.3 is 4.42 Å². The molecule has 15 heteroatoms. The Kier molecular flexibility index (Phi) is 8.98. The summed E-state index contributed by atoms with van der Waals surface area (Å²) < 4.78 is 6.43. The highest BCUT2D eigenvalue weighted by molar-refractivity contribution is 6.75. The van der Waals surface area contributed by atoms with E-state index in [0.29, 0.717) is 72.1 Å². The molecule has 0 aliphatic carbocycles. The van der Waals surface area contributed by atoms with Crippen molar-refractivity contribution in [3.05, 3.63) is 97.1 Å². The standard InChI is InChI=1S/C45H16B11N3O/c46-32-24(33(47)34(48)27-26(32)28-30(37(51)41(55)39(53)35(28)49)31-29(27)36(50)40(54)42(56)38(31)52)19-14-15-22-21(16-19)25-20(12-7-13-23(25)60-22)45-58-43(17-8-3-1-4-9-17)57-44(59-45)18-10-5-2-6-11-18/h1-16H. The first kappa shape index (κ1) is 38.3. The molecule has 0 saturated heterocycles. The van der Waals surface area contributed by atoms with Crippen LogP contribution >= 0.6 is 0 Å². The molecular weight excluding hydrogens is 717 g/mol. The van der Waals surface area contributed by atoms with E-state index in [1.54, 1.807) is 0 Å². The van der Waals surface area contributed by atoms with Gasteiger partial charge in [0.2, 0.25) is 0 Å². The van der Waals surface area contributed by atoms with Crippen molar-refractivity contribution >= 4 is 201 Å². The van der Waals surface area contributed by atoms with E-state index < -0.39 is 0 Å². The summed E-state index contributed by atoms with van der Waals surface area (Å²) in [5.74, 6) is 1.49. The average molecular weight is 734 g/mol. The first-order chi connectivity index (χ1) is 28.9. The maximum atomic E-state index is 7.26. The zero-order chi connectivity index (χ0) is 41.9. The van der Waals surface area contributed by atoms with Crippen LogP contribution in [-0.4, -0.2) is 101 Å². The van der Waals surface area contributed by atoms with Gasteiger partial charge in [-0.1, -0.05) is 117 Å². The van der Waals surface area contributed by atoms with Crippen molar-refractivity contribution in [1.82, 2.24) is 15.0 Å². The monoisotopic (exact) mass is 735 g/mol. The Hall–Kier alpha value is -5.94. The van der Waals surface area contributed by atoms with Crippen molar-refractivity contribution < 1.29 is 4.42 Å². The van der Waals surface area contributed by atoms with Crippen LogP contribution in [0.15, 0.2) is 101 Å². The van der Waals surface area contributed by atoms with Crippen LogP contribution in [0.1, 0.15) is 0 Å². The Bertz CT molecular complexity index is 3400. The van der Waals surface area contributed by atoms with Gasteiger partial charge in [0.05, 0.1) is 0 Å². The molecule has 10 rings (SSSR count). The van der Waals surface area contributed by atoms with Crippen molar-refractivity contribution in [3.8, 4) is 45.3 Å². The van der Waals surface area contributed by atoms with Crippen molar-refractivity contribution in [2.75, 3.05) is 0 Å². The molecule has 0 unspecified atom stereocenters. The first-order valence-corrected chi connectivity index (χ1v) is 18.7. The zero-order valence-corrected chi connectivity index (χ0v) is 31.8. The molecule has 0 spiro atoms. The van der Waals surface area contributed by atoms with E-state index in [9.17, 15) is 0 Å². The van der Waals surface area contributed by atoms with Crippen LogP contribution in [0.4, 0.5) is 0 Å². The molecule has 0 saturated carbocycles. The third kappa shape index (κ3) is 5.50. The molecule has 0 fully saturated rings. The molecule has 10 aromatic rings. The predicted molar refractivity (Wildman–Crippen MR) is 261 cm³/mol. The van der Waals surface area contributed by atoms with Gasteiger partial charge in [0.25, 0.3) is 0 Å². The second-order valence-corrected chi connectivity index (χ2v) is 14.7. The van der Waals surface area contributed by atoms with E-state index in [4.69, 9.17) is 106 Å². The van der Waals surface area contributed by atoms with Crippen LogP contribution in [-0.2, 0) is 0 Å². The Morgan fingerprint density at radius 2 is 0.750 bits per heavy atom. The second kappa shape index (κ2) is 14.1. The van der Waals surface area contributed by atoms with Gasteiger partial charge in [-0.2, -0.15) is 0 Å². The molecule has 2 heterocycles. The number of benzene rings is 8. The summed E-state index contributed by atoms with van der Waals surface area (Å²) in [7, 11) is 73.9. The lowest BCUT2D eigenvalue weighted by atomic mass is 9.58. The highest BCUT2D eigenvalue weighted by Gasteiger charge is 2.25. The summed E-state index contributed by atoms with van der Waals surface area (Å²) in [6.07, 6.45) is 0. The van der Waals surface area contributed by atoms with Gasteiger partial charge in [-0.05, 0) is 61.6 Å². The largest absolute Gasteiger partial charge is 0.456 e. The smallest absolute Gasteiger partial charge is 0.164 e. The fraction of sp³-hybridized carbons (Fsp3) is 0. The van der Waals surface area contributed by atoms with Crippen LogP contribution in [0.2, 0.25) is 0 Å². The van der Waals surface area contributed by atoms with Crippen molar-refractivity contribution in [2.24, 2.45) is 0 Å². The number of hydrogen-bond donors (Lipinski definition) is 0. The number of aromatic nitrogens is 3.